The van der Waals surface area contributed by atoms with Crippen LogP contribution in [0, 0.1) is 5.82 Å². The van der Waals surface area contributed by atoms with Gasteiger partial charge in [-0.15, -0.1) is 0 Å². The Kier molecular flexibility index (Phi) is 8.01. The molecular formula is C22H27FN4O5S. The third-order valence-electron chi connectivity index (χ3n) is 5.41. The summed E-state index contributed by atoms with van der Waals surface area (Å²) in [6, 6.07) is 10.1. The fourth-order valence-electron chi connectivity index (χ4n) is 3.43. The highest BCUT2D eigenvalue weighted by Crippen LogP contribution is 2.20. The van der Waals surface area contributed by atoms with Crippen LogP contribution in [-0.2, 0) is 19.6 Å². The maximum absolute atomic E-state index is 14.0. The van der Waals surface area contributed by atoms with Gasteiger partial charge >= 0.3 is 5.97 Å². The zero-order valence-electron chi connectivity index (χ0n) is 18.5. The van der Waals surface area contributed by atoms with Crippen LogP contribution in [0.5, 0.6) is 0 Å². The average molecular weight is 479 g/mol. The third-order valence-corrected chi connectivity index (χ3v) is 6.82. The highest BCUT2D eigenvalue weighted by atomic mass is 32.2. The molecule has 9 nitrogen and oxygen atoms in total. The van der Waals surface area contributed by atoms with Crippen LogP contribution in [0.25, 0.3) is 0 Å². The van der Waals surface area contributed by atoms with E-state index in [9.17, 15) is 22.4 Å². The lowest BCUT2D eigenvalue weighted by molar-refractivity contribution is -0.119. The molecule has 0 aliphatic carbocycles. The van der Waals surface area contributed by atoms with Crippen molar-refractivity contribution in [2.45, 2.75) is 11.8 Å². The van der Waals surface area contributed by atoms with Gasteiger partial charge in [-0.2, -0.15) is 0 Å². The summed E-state index contributed by atoms with van der Waals surface area (Å²) in [5, 5.41) is 2.61. The number of anilines is 2. The first kappa shape index (κ1) is 24.6. The molecule has 1 fully saturated rings. The number of hydrogen-bond donors (Lipinski definition) is 2. The molecule has 0 aromatic heterocycles. The smallest absolute Gasteiger partial charge is 0.341 e. The zero-order valence-corrected chi connectivity index (χ0v) is 19.3. The van der Waals surface area contributed by atoms with Crippen LogP contribution in [0.15, 0.2) is 47.4 Å². The quantitative estimate of drug-likeness (QED) is 0.556. The van der Waals surface area contributed by atoms with Crippen LogP contribution in [0.2, 0.25) is 0 Å². The van der Waals surface area contributed by atoms with Gasteiger partial charge in [0.1, 0.15) is 5.82 Å². The van der Waals surface area contributed by atoms with E-state index in [-0.39, 0.29) is 4.90 Å². The lowest BCUT2D eigenvalue weighted by atomic mass is 10.2. The maximum Gasteiger partial charge on any atom is 0.341 e. The standard InChI is InChI=1S/C22H27FN4O5S/c1-3-26-10-12-27(13-11-26)17-6-4-16(5-7-17)25-21(28)15-32-22(29)19-14-18(8-9-20(19)23)33(30,31)24-2/h4-9,14,24H,3,10-13,15H2,1-2H3,(H,25,28). The molecule has 0 bridgehead atoms. The largest absolute Gasteiger partial charge is 0.452 e. The van der Waals surface area contributed by atoms with Gasteiger partial charge in [-0.1, -0.05) is 6.92 Å². The Balaban J connectivity index is 1.54. The molecule has 0 atom stereocenters. The molecule has 0 saturated carbocycles. The van der Waals surface area contributed by atoms with Gasteiger partial charge in [0.25, 0.3) is 5.91 Å². The fourth-order valence-corrected chi connectivity index (χ4v) is 4.19. The van der Waals surface area contributed by atoms with Gasteiger partial charge < -0.3 is 19.9 Å². The molecule has 1 amide bonds. The molecule has 1 aliphatic rings. The monoisotopic (exact) mass is 478 g/mol. The predicted octanol–water partition coefficient (Wildman–Crippen LogP) is 1.67. The molecule has 33 heavy (non-hydrogen) atoms. The van der Waals surface area contributed by atoms with Crippen molar-refractivity contribution >= 4 is 33.3 Å². The van der Waals surface area contributed by atoms with E-state index in [0.29, 0.717) is 5.69 Å². The number of rotatable bonds is 8. The van der Waals surface area contributed by atoms with E-state index < -0.39 is 39.9 Å². The second-order valence-corrected chi connectivity index (χ2v) is 9.33. The van der Waals surface area contributed by atoms with Crippen LogP contribution in [0.4, 0.5) is 15.8 Å². The topological polar surface area (TPSA) is 108 Å². The lowest BCUT2D eigenvalue weighted by Crippen LogP contribution is -2.46. The molecule has 2 aromatic carbocycles. The van der Waals surface area contributed by atoms with Gasteiger partial charge in [0, 0.05) is 37.6 Å². The van der Waals surface area contributed by atoms with E-state index >= 15 is 0 Å². The first-order chi connectivity index (χ1) is 15.7. The van der Waals surface area contributed by atoms with E-state index in [0.717, 1.165) is 56.6 Å². The average Bonchev–Trinajstić information content (AvgIpc) is 2.83. The molecule has 1 heterocycles. The summed E-state index contributed by atoms with van der Waals surface area (Å²) in [7, 11) is -2.67. The summed E-state index contributed by atoms with van der Waals surface area (Å²) in [6.45, 7) is 6.41. The number of benzene rings is 2. The number of halogens is 1. The van der Waals surface area contributed by atoms with Crippen molar-refractivity contribution in [3.8, 4) is 0 Å². The molecule has 0 spiro atoms. The molecule has 3 rings (SSSR count). The van der Waals surface area contributed by atoms with Gasteiger partial charge in [-0.25, -0.2) is 22.3 Å². The highest BCUT2D eigenvalue weighted by Gasteiger charge is 2.20. The number of amides is 1. The highest BCUT2D eigenvalue weighted by molar-refractivity contribution is 7.89. The Morgan fingerprint density at radius 3 is 2.33 bits per heavy atom. The number of ether oxygens (including phenoxy) is 1. The van der Waals surface area contributed by atoms with E-state index in [1.54, 1.807) is 12.1 Å². The Labute approximate surface area is 192 Å². The number of sulfonamides is 1. The minimum absolute atomic E-state index is 0.293. The minimum Gasteiger partial charge on any atom is -0.452 e. The number of piperazine rings is 1. The summed E-state index contributed by atoms with van der Waals surface area (Å²) in [5.74, 6) is -2.70. The van der Waals surface area contributed by atoms with Crippen LogP contribution in [-0.4, -0.2) is 71.6 Å². The molecular weight excluding hydrogens is 451 g/mol. The SMILES string of the molecule is CCN1CCN(c2ccc(NC(=O)COC(=O)c3cc(S(=O)(=O)NC)ccc3F)cc2)CC1. The number of carbonyl (C=O) groups excluding carboxylic acids is 2. The number of hydrogen-bond acceptors (Lipinski definition) is 7. The summed E-state index contributed by atoms with van der Waals surface area (Å²) in [5.41, 5.74) is 1.01. The van der Waals surface area contributed by atoms with E-state index in [4.69, 9.17) is 4.74 Å². The summed E-state index contributed by atoms with van der Waals surface area (Å²) >= 11 is 0. The van der Waals surface area contributed by atoms with Crippen molar-refractivity contribution in [2.24, 2.45) is 0 Å². The Hall–Kier alpha value is -3.02. The molecule has 2 N–H and O–H groups in total. The van der Waals surface area contributed by atoms with Crippen molar-refractivity contribution in [3.05, 3.63) is 53.8 Å². The number of likely N-dealkylation sites (N-methyl/N-ethyl adjacent to an activating group) is 1. The van der Waals surface area contributed by atoms with Crippen LogP contribution < -0.4 is 14.9 Å². The van der Waals surface area contributed by atoms with Crippen LogP contribution in [0.3, 0.4) is 0 Å². The molecule has 1 aliphatic heterocycles. The number of carbonyl (C=O) groups is 2. The van der Waals surface area contributed by atoms with Crippen molar-refractivity contribution < 1.29 is 27.1 Å². The normalized spacial score (nSPS) is 14.7. The van der Waals surface area contributed by atoms with Crippen molar-refractivity contribution in [1.29, 1.82) is 0 Å². The van der Waals surface area contributed by atoms with E-state index in [1.165, 1.54) is 7.05 Å². The fraction of sp³-hybridized carbons (Fsp3) is 0.364. The molecule has 11 heteroatoms. The predicted molar refractivity (Wildman–Crippen MR) is 122 cm³/mol. The number of esters is 1. The maximum atomic E-state index is 14.0. The summed E-state index contributed by atoms with van der Waals surface area (Å²) < 4.78 is 44.6. The van der Waals surface area contributed by atoms with Crippen LogP contribution in [0.1, 0.15) is 17.3 Å². The first-order valence-corrected chi connectivity index (χ1v) is 12.0. The van der Waals surface area contributed by atoms with Gasteiger partial charge in [-0.3, -0.25) is 4.79 Å². The molecule has 1 saturated heterocycles. The number of nitrogens with zero attached hydrogens (tertiary/aromatic N) is 2. The molecule has 0 radical (unpaired) electrons. The van der Waals surface area contributed by atoms with Crippen molar-refractivity contribution in [2.75, 3.05) is 56.6 Å². The molecule has 2 aromatic rings. The molecule has 178 valence electrons. The third kappa shape index (κ3) is 6.28. The van der Waals surface area contributed by atoms with E-state index in [1.807, 2.05) is 12.1 Å². The lowest BCUT2D eigenvalue weighted by Gasteiger charge is -2.35. The Morgan fingerprint density at radius 1 is 1.06 bits per heavy atom. The van der Waals surface area contributed by atoms with Crippen molar-refractivity contribution in [1.82, 2.24) is 9.62 Å². The summed E-state index contributed by atoms with van der Waals surface area (Å²) in [4.78, 5) is 28.7. The Bertz CT molecular complexity index is 1100. The molecule has 0 unspecified atom stereocenters. The van der Waals surface area contributed by atoms with Gasteiger partial charge in [0.05, 0.1) is 10.5 Å². The van der Waals surface area contributed by atoms with Gasteiger partial charge in [0.2, 0.25) is 10.0 Å². The van der Waals surface area contributed by atoms with Gasteiger partial charge in [0.15, 0.2) is 6.61 Å². The van der Waals surface area contributed by atoms with Gasteiger partial charge in [-0.05, 0) is 56.1 Å². The van der Waals surface area contributed by atoms with Crippen LogP contribution >= 0.6 is 0 Å². The van der Waals surface area contributed by atoms with E-state index in [2.05, 4.69) is 26.8 Å². The second kappa shape index (κ2) is 10.7. The number of nitrogens with one attached hydrogen (secondary N) is 2. The first-order valence-electron chi connectivity index (χ1n) is 10.5. The van der Waals surface area contributed by atoms with Crippen molar-refractivity contribution in [3.63, 3.8) is 0 Å². The second-order valence-electron chi connectivity index (χ2n) is 7.44. The minimum atomic E-state index is -3.87. The Morgan fingerprint density at radius 2 is 1.73 bits per heavy atom. The zero-order chi connectivity index (χ0) is 24.0. The summed E-state index contributed by atoms with van der Waals surface area (Å²) in [6.07, 6.45) is 0.